The van der Waals surface area contributed by atoms with Crippen LogP contribution in [0.3, 0.4) is 0 Å². The fourth-order valence-corrected chi connectivity index (χ4v) is 6.79. The first-order chi connectivity index (χ1) is 10.9. The molecule has 0 amide bonds. The van der Waals surface area contributed by atoms with Crippen molar-refractivity contribution in [2.24, 2.45) is 28.6 Å². The molecule has 0 aliphatic heterocycles. The Morgan fingerprint density at radius 1 is 1.13 bits per heavy atom. The van der Waals surface area contributed by atoms with Crippen LogP contribution >= 0.6 is 0 Å². The van der Waals surface area contributed by atoms with Gasteiger partial charge in [0.2, 0.25) is 0 Å². The van der Waals surface area contributed by atoms with Crippen LogP contribution in [0.2, 0.25) is 0 Å². The van der Waals surface area contributed by atoms with E-state index in [9.17, 15) is 9.90 Å². The highest BCUT2D eigenvalue weighted by molar-refractivity contribution is 5.99. The van der Waals surface area contributed by atoms with Crippen LogP contribution in [-0.4, -0.2) is 17.0 Å². The van der Waals surface area contributed by atoms with E-state index in [0.717, 1.165) is 44.1 Å². The molecule has 0 aromatic rings. The van der Waals surface area contributed by atoms with Gasteiger partial charge in [0, 0.05) is 6.42 Å². The minimum absolute atomic E-state index is 0.114. The van der Waals surface area contributed by atoms with Crippen LogP contribution in [0.4, 0.5) is 0 Å². The smallest absolute Gasteiger partial charge is 0.159 e. The summed E-state index contributed by atoms with van der Waals surface area (Å²) in [7, 11) is 0. The van der Waals surface area contributed by atoms with E-state index in [0.29, 0.717) is 23.5 Å². The van der Waals surface area contributed by atoms with Gasteiger partial charge in [-0.25, -0.2) is 0 Å². The molecule has 126 valence electrons. The lowest BCUT2D eigenvalue weighted by Crippen LogP contribution is -2.49. The van der Waals surface area contributed by atoms with Gasteiger partial charge in [-0.15, -0.1) is 0 Å². The number of allylic oxidation sites excluding steroid dienone is 3. The summed E-state index contributed by atoms with van der Waals surface area (Å²) in [4.78, 5) is 12.5. The summed E-state index contributed by atoms with van der Waals surface area (Å²) >= 11 is 0. The first kappa shape index (κ1) is 15.6. The van der Waals surface area contributed by atoms with Crippen molar-refractivity contribution in [1.29, 1.82) is 0 Å². The fourth-order valence-electron chi connectivity index (χ4n) is 6.79. The van der Waals surface area contributed by atoms with Crippen molar-refractivity contribution in [2.75, 3.05) is 0 Å². The van der Waals surface area contributed by atoms with Crippen molar-refractivity contribution in [3.8, 4) is 0 Å². The van der Waals surface area contributed by atoms with Crippen LogP contribution in [0.15, 0.2) is 23.3 Å². The van der Waals surface area contributed by atoms with Gasteiger partial charge in [-0.2, -0.15) is 0 Å². The van der Waals surface area contributed by atoms with Crippen molar-refractivity contribution in [3.63, 3.8) is 0 Å². The molecule has 3 fully saturated rings. The molecule has 0 aromatic carbocycles. The molecule has 4 rings (SSSR count). The molecule has 0 unspecified atom stereocenters. The van der Waals surface area contributed by atoms with E-state index in [1.165, 1.54) is 12.0 Å². The van der Waals surface area contributed by atoms with Crippen LogP contribution in [0.1, 0.15) is 65.7 Å². The molecule has 0 radical (unpaired) electrons. The van der Waals surface area contributed by atoms with E-state index in [4.69, 9.17) is 0 Å². The highest BCUT2D eigenvalue weighted by Crippen LogP contribution is 2.65. The maximum atomic E-state index is 12.5. The minimum Gasteiger partial charge on any atom is -0.393 e. The van der Waals surface area contributed by atoms with Gasteiger partial charge in [-0.3, -0.25) is 4.79 Å². The molecule has 4 aliphatic carbocycles. The number of carbonyl (C=O) groups excluding carboxylic acids is 1. The van der Waals surface area contributed by atoms with Crippen molar-refractivity contribution < 1.29 is 9.90 Å². The van der Waals surface area contributed by atoms with Gasteiger partial charge in [0.05, 0.1) is 6.10 Å². The number of hydrogen-bond donors (Lipinski definition) is 1. The zero-order chi connectivity index (χ0) is 16.4. The lowest BCUT2D eigenvalue weighted by atomic mass is 9.48. The number of hydrogen-bond acceptors (Lipinski definition) is 2. The third-order valence-corrected chi connectivity index (χ3v) is 8.08. The molecule has 1 N–H and O–H groups in total. The Morgan fingerprint density at radius 2 is 1.87 bits per heavy atom. The Labute approximate surface area is 140 Å². The van der Waals surface area contributed by atoms with Crippen molar-refractivity contribution in [3.05, 3.63) is 23.3 Å². The average molecular weight is 314 g/mol. The highest BCUT2D eigenvalue weighted by atomic mass is 16.3. The third kappa shape index (κ3) is 2.00. The second-order valence-corrected chi connectivity index (χ2v) is 8.94. The lowest BCUT2D eigenvalue weighted by Gasteiger charge is -2.57. The van der Waals surface area contributed by atoms with Gasteiger partial charge in [-0.1, -0.05) is 31.6 Å². The molecule has 3 saturated carbocycles. The molecule has 0 heterocycles. The predicted octanol–water partition coefficient (Wildman–Crippen LogP) is 4.44. The molecule has 0 spiro atoms. The second-order valence-electron chi connectivity index (χ2n) is 8.94. The third-order valence-electron chi connectivity index (χ3n) is 8.08. The van der Waals surface area contributed by atoms with Crippen LogP contribution in [-0.2, 0) is 4.79 Å². The molecule has 4 aliphatic rings. The molecule has 0 saturated heterocycles. The number of fused-ring (bicyclic) bond motifs is 5. The Kier molecular flexibility index (Phi) is 3.43. The number of carbonyl (C=O) groups is 1. The van der Waals surface area contributed by atoms with Gasteiger partial charge < -0.3 is 5.11 Å². The molecule has 0 aromatic heterocycles. The van der Waals surface area contributed by atoms with E-state index in [2.05, 4.69) is 26.0 Å². The minimum atomic E-state index is -0.137. The SMILES string of the molecule is C/C=C1\C(=O)C[C@H]2[C@@H]3CC=C4C[C@@H](O)CC[C@]4(C)[C@H]3CC[C@]12C. The first-order valence-electron chi connectivity index (χ1n) is 9.47. The van der Waals surface area contributed by atoms with Gasteiger partial charge in [0.1, 0.15) is 0 Å². The van der Waals surface area contributed by atoms with Gasteiger partial charge in [0.15, 0.2) is 5.78 Å². The summed E-state index contributed by atoms with van der Waals surface area (Å²) in [5.41, 5.74) is 3.00. The summed E-state index contributed by atoms with van der Waals surface area (Å²) < 4.78 is 0. The monoisotopic (exact) mass is 314 g/mol. The molecule has 2 heteroatoms. The number of aliphatic hydroxyl groups excluding tert-OH is 1. The fraction of sp³-hybridized carbons (Fsp3) is 0.762. The maximum absolute atomic E-state index is 12.5. The Hall–Kier alpha value is -0.890. The first-order valence-corrected chi connectivity index (χ1v) is 9.47. The summed E-state index contributed by atoms with van der Waals surface area (Å²) in [6.45, 7) is 6.83. The van der Waals surface area contributed by atoms with Crippen LogP contribution in [0, 0.1) is 28.6 Å². The predicted molar refractivity (Wildman–Crippen MR) is 91.9 cm³/mol. The van der Waals surface area contributed by atoms with Crippen LogP contribution in [0.5, 0.6) is 0 Å². The zero-order valence-electron chi connectivity index (χ0n) is 14.8. The van der Waals surface area contributed by atoms with E-state index < -0.39 is 0 Å². The molecule has 23 heavy (non-hydrogen) atoms. The van der Waals surface area contributed by atoms with Crippen molar-refractivity contribution >= 4 is 5.78 Å². The Balaban J connectivity index is 1.71. The van der Waals surface area contributed by atoms with E-state index >= 15 is 0 Å². The van der Waals surface area contributed by atoms with E-state index in [1.807, 2.05) is 6.92 Å². The number of rotatable bonds is 0. The number of aliphatic hydroxyl groups is 1. The van der Waals surface area contributed by atoms with Crippen LogP contribution in [0.25, 0.3) is 0 Å². The lowest BCUT2D eigenvalue weighted by molar-refractivity contribution is -0.115. The average Bonchev–Trinajstić information content (AvgIpc) is 2.77. The maximum Gasteiger partial charge on any atom is 0.159 e. The molecular formula is C21H30O2. The van der Waals surface area contributed by atoms with Crippen LogP contribution < -0.4 is 0 Å². The topological polar surface area (TPSA) is 37.3 Å². The Morgan fingerprint density at radius 3 is 2.61 bits per heavy atom. The summed E-state index contributed by atoms with van der Waals surface area (Å²) in [5.74, 6) is 2.29. The normalized spacial score (nSPS) is 51.0. The largest absolute Gasteiger partial charge is 0.393 e. The molecular weight excluding hydrogens is 284 g/mol. The van der Waals surface area contributed by atoms with Gasteiger partial charge in [0.25, 0.3) is 0 Å². The quantitative estimate of drug-likeness (QED) is 0.530. The number of ketones is 1. The number of Topliss-reactive ketones (excluding diaryl/α,β-unsaturated/α-hetero) is 1. The van der Waals surface area contributed by atoms with E-state index in [1.54, 1.807) is 0 Å². The summed E-state index contributed by atoms with van der Waals surface area (Å²) in [6, 6.07) is 0. The van der Waals surface area contributed by atoms with Crippen molar-refractivity contribution in [1.82, 2.24) is 0 Å². The van der Waals surface area contributed by atoms with Gasteiger partial charge in [-0.05, 0) is 79.6 Å². The Bertz CT molecular complexity index is 601. The summed E-state index contributed by atoms with van der Waals surface area (Å²) in [5, 5.41) is 10.1. The second kappa shape index (κ2) is 5.05. The zero-order valence-corrected chi connectivity index (χ0v) is 14.8. The van der Waals surface area contributed by atoms with E-state index in [-0.39, 0.29) is 16.9 Å². The highest BCUT2D eigenvalue weighted by Gasteiger charge is 2.59. The molecule has 2 nitrogen and oxygen atoms in total. The van der Waals surface area contributed by atoms with Gasteiger partial charge >= 0.3 is 0 Å². The summed E-state index contributed by atoms with van der Waals surface area (Å²) in [6.07, 6.45) is 11.6. The molecule has 0 bridgehead atoms. The standard InChI is InChI=1S/C21H30O2/c1-4-16-19(23)12-18-15-6-5-13-11-14(22)7-9-20(13,2)17(15)8-10-21(16,18)3/h4-5,14-15,17-18,22H,6-12H2,1-3H3/b16-4+/t14-,15+,17-,18-,20-,21+/m0/s1. The van der Waals surface area contributed by atoms with Crippen molar-refractivity contribution in [2.45, 2.75) is 71.8 Å². The molecule has 6 atom stereocenters.